The fraction of sp³-hybridized carbons (Fsp3) is 0.400. The van der Waals surface area contributed by atoms with Crippen LogP contribution in [0.3, 0.4) is 0 Å². The van der Waals surface area contributed by atoms with E-state index in [4.69, 9.17) is 14.3 Å². The maximum atomic E-state index is 12.6. The van der Waals surface area contributed by atoms with Crippen LogP contribution in [0.2, 0.25) is 0 Å². The van der Waals surface area contributed by atoms with E-state index in [9.17, 15) is 9.59 Å². The van der Waals surface area contributed by atoms with Gasteiger partial charge in [0.05, 0.1) is 5.92 Å². The molecule has 0 spiro atoms. The van der Waals surface area contributed by atoms with Gasteiger partial charge in [0.1, 0.15) is 6.10 Å². The van der Waals surface area contributed by atoms with Crippen LogP contribution in [-0.2, 0) is 11.2 Å². The van der Waals surface area contributed by atoms with Crippen LogP contribution in [0, 0.1) is 5.92 Å². The number of ketones is 1. The maximum Gasteiger partial charge on any atom is 0.320 e. The van der Waals surface area contributed by atoms with Crippen molar-refractivity contribution in [2.75, 3.05) is 5.32 Å². The standard InChI is InChI=1S/C25H28N4O5/c1-15(2)17-4-8-19(9-5-17)27-25-29-28-23(34-25)21(30)13-16-3-12-22(26-14-16)33-20-10-6-18(7-11-20)24(31)32/h3-5,8-9,12,14-15,18,20H,6-7,10-11,13H2,1-2H3,(H,27,29)(H,31,32). The molecule has 0 aliphatic heterocycles. The normalized spacial score (nSPS) is 18.0. The van der Waals surface area contributed by atoms with Crippen LogP contribution in [0.5, 0.6) is 5.88 Å². The fourth-order valence-corrected chi connectivity index (χ4v) is 3.91. The predicted molar refractivity (Wildman–Crippen MR) is 124 cm³/mol. The van der Waals surface area contributed by atoms with E-state index in [0.717, 1.165) is 5.69 Å². The van der Waals surface area contributed by atoms with E-state index in [-0.39, 0.29) is 36.1 Å². The predicted octanol–water partition coefficient (Wildman–Crippen LogP) is 4.78. The van der Waals surface area contributed by atoms with Crippen molar-refractivity contribution in [1.29, 1.82) is 0 Å². The van der Waals surface area contributed by atoms with Crippen LogP contribution in [0.15, 0.2) is 47.0 Å². The Labute approximate surface area is 197 Å². The van der Waals surface area contributed by atoms with Gasteiger partial charge in [0.25, 0.3) is 5.89 Å². The van der Waals surface area contributed by atoms with E-state index in [1.165, 1.54) is 5.56 Å². The number of hydrogen-bond acceptors (Lipinski definition) is 8. The van der Waals surface area contributed by atoms with Gasteiger partial charge in [-0.3, -0.25) is 9.59 Å². The number of nitrogens with zero attached hydrogens (tertiary/aromatic N) is 3. The number of aliphatic carboxylic acids is 1. The summed E-state index contributed by atoms with van der Waals surface area (Å²) in [6, 6.07) is 11.5. The minimum Gasteiger partial charge on any atom is -0.481 e. The second-order valence-corrected chi connectivity index (χ2v) is 8.85. The smallest absolute Gasteiger partial charge is 0.320 e. The summed E-state index contributed by atoms with van der Waals surface area (Å²) >= 11 is 0. The molecule has 1 saturated carbocycles. The molecule has 9 nitrogen and oxygen atoms in total. The summed E-state index contributed by atoms with van der Waals surface area (Å²) in [5.74, 6) is -0.504. The van der Waals surface area contributed by atoms with Gasteiger partial charge in [0.2, 0.25) is 11.7 Å². The van der Waals surface area contributed by atoms with E-state index in [1.54, 1.807) is 18.3 Å². The molecule has 1 fully saturated rings. The van der Waals surface area contributed by atoms with E-state index in [2.05, 4.69) is 34.3 Å². The van der Waals surface area contributed by atoms with Gasteiger partial charge in [-0.25, -0.2) is 4.98 Å². The molecule has 178 valence electrons. The number of carbonyl (C=O) groups is 2. The van der Waals surface area contributed by atoms with Gasteiger partial charge in [0, 0.05) is 24.4 Å². The first-order valence-electron chi connectivity index (χ1n) is 11.5. The van der Waals surface area contributed by atoms with Crippen LogP contribution in [0.4, 0.5) is 11.7 Å². The van der Waals surface area contributed by atoms with Crippen LogP contribution < -0.4 is 10.1 Å². The quantitative estimate of drug-likeness (QED) is 0.430. The number of benzene rings is 1. The number of carboxylic acid groups (broad SMARTS) is 1. The van der Waals surface area contributed by atoms with Crippen LogP contribution in [0.1, 0.15) is 67.3 Å². The SMILES string of the molecule is CC(C)c1ccc(Nc2nnc(C(=O)Cc3ccc(OC4CCC(C(=O)O)CC4)nc3)o2)cc1. The molecule has 2 heterocycles. The molecule has 4 rings (SSSR count). The third-order valence-corrected chi connectivity index (χ3v) is 5.97. The lowest BCUT2D eigenvalue weighted by Crippen LogP contribution is -2.28. The van der Waals surface area contributed by atoms with Crippen molar-refractivity contribution in [3.63, 3.8) is 0 Å². The van der Waals surface area contributed by atoms with E-state index in [1.807, 2.05) is 24.3 Å². The average Bonchev–Trinajstić information content (AvgIpc) is 3.30. The van der Waals surface area contributed by atoms with Gasteiger partial charge in [-0.2, -0.15) is 0 Å². The Morgan fingerprint density at radius 3 is 2.44 bits per heavy atom. The highest BCUT2D eigenvalue weighted by Crippen LogP contribution is 2.27. The summed E-state index contributed by atoms with van der Waals surface area (Å²) in [6.07, 6.45) is 4.21. The summed E-state index contributed by atoms with van der Waals surface area (Å²) in [4.78, 5) is 27.9. The van der Waals surface area contributed by atoms with Gasteiger partial charge in [0.15, 0.2) is 0 Å². The zero-order valence-corrected chi connectivity index (χ0v) is 19.2. The molecule has 2 N–H and O–H groups in total. The number of carboxylic acids is 1. The number of rotatable bonds is 9. The summed E-state index contributed by atoms with van der Waals surface area (Å²) in [7, 11) is 0. The average molecular weight is 465 g/mol. The molecule has 2 aromatic heterocycles. The number of aromatic nitrogens is 3. The van der Waals surface area contributed by atoms with Gasteiger partial charge >= 0.3 is 12.0 Å². The van der Waals surface area contributed by atoms with Gasteiger partial charge in [-0.05, 0) is 54.9 Å². The van der Waals surface area contributed by atoms with Gasteiger partial charge in [-0.1, -0.05) is 37.1 Å². The van der Waals surface area contributed by atoms with Crippen molar-refractivity contribution in [3.8, 4) is 5.88 Å². The van der Waals surface area contributed by atoms with Crippen molar-refractivity contribution >= 4 is 23.5 Å². The second kappa shape index (κ2) is 10.5. The second-order valence-electron chi connectivity index (χ2n) is 8.85. The molecule has 1 aliphatic rings. The largest absolute Gasteiger partial charge is 0.481 e. The van der Waals surface area contributed by atoms with Crippen molar-refractivity contribution in [3.05, 3.63) is 59.6 Å². The Morgan fingerprint density at radius 2 is 1.82 bits per heavy atom. The van der Waals surface area contributed by atoms with Gasteiger partial charge < -0.3 is 19.6 Å². The van der Waals surface area contributed by atoms with Crippen molar-refractivity contribution < 1.29 is 23.8 Å². The van der Waals surface area contributed by atoms with E-state index >= 15 is 0 Å². The molecule has 0 amide bonds. The third kappa shape index (κ3) is 5.98. The molecular formula is C25H28N4O5. The number of Topliss-reactive ketones (excluding diaryl/α,β-unsaturated/α-hetero) is 1. The molecule has 0 radical (unpaired) electrons. The molecule has 0 saturated heterocycles. The molecule has 1 aliphatic carbocycles. The summed E-state index contributed by atoms with van der Waals surface area (Å²) < 4.78 is 11.3. The van der Waals surface area contributed by atoms with Crippen LogP contribution >= 0.6 is 0 Å². The lowest BCUT2D eigenvalue weighted by molar-refractivity contribution is -0.143. The Balaban J connectivity index is 1.28. The zero-order chi connectivity index (χ0) is 24.1. The topological polar surface area (TPSA) is 127 Å². The van der Waals surface area contributed by atoms with Crippen LogP contribution in [0.25, 0.3) is 0 Å². The third-order valence-electron chi connectivity index (χ3n) is 5.97. The highest BCUT2D eigenvalue weighted by atomic mass is 16.5. The van der Waals surface area contributed by atoms with E-state index in [0.29, 0.717) is 43.0 Å². The molecule has 1 aromatic carbocycles. The van der Waals surface area contributed by atoms with Crippen molar-refractivity contribution in [2.45, 2.75) is 58.0 Å². The number of anilines is 2. The van der Waals surface area contributed by atoms with E-state index < -0.39 is 5.97 Å². The monoisotopic (exact) mass is 464 g/mol. The summed E-state index contributed by atoms with van der Waals surface area (Å²) in [5, 5.41) is 19.9. The number of carbonyl (C=O) groups excluding carboxylic acids is 1. The highest BCUT2D eigenvalue weighted by molar-refractivity contribution is 5.93. The molecule has 3 aromatic rings. The minimum atomic E-state index is -0.741. The minimum absolute atomic E-state index is 0.0403. The van der Waals surface area contributed by atoms with Crippen molar-refractivity contribution in [2.24, 2.45) is 5.92 Å². The summed E-state index contributed by atoms with van der Waals surface area (Å²) in [5.41, 5.74) is 2.72. The molecule has 0 unspecified atom stereocenters. The highest BCUT2D eigenvalue weighted by Gasteiger charge is 2.27. The fourth-order valence-electron chi connectivity index (χ4n) is 3.91. The molecule has 0 bridgehead atoms. The van der Waals surface area contributed by atoms with Crippen molar-refractivity contribution in [1.82, 2.24) is 15.2 Å². The zero-order valence-electron chi connectivity index (χ0n) is 19.2. The first-order chi connectivity index (χ1) is 16.4. The first kappa shape index (κ1) is 23.4. The molecule has 34 heavy (non-hydrogen) atoms. The lowest BCUT2D eigenvalue weighted by atomic mass is 9.87. The molecular weight excluding hydrogens is 436 g/mol. The molecule has 9 heteroatoms. The van der Waals surface area contributed by atoms with Crippen LogP contribution in [-0.4, -0.2) is 38.1 Å². The first-order valence-corrected chi connectivity index (χ1v) is 11.5. The van der Waals surface area contributed by atoms with Gasteiger partial charge in [-0.15, -0.1) is 5.10 Å². The molecule has 0 atom stereocenters. The number of ether oxygens (including phenoxy) is 1. The summed E-state index contributed by atoms with van der Waals surface area (Å²) in [6.45, 7) is 4.26. The number of nitrogens with one attached hydrogen (secondary N) is 1. The maximum absolute atomic E-state index is 12.6. The number of hydrogen-bond donors (Lipinski definition) is 2. The lowest BCUT2D eigenvalue weighted by Gasteiger charge is -2.26. The Bertz CT molecular complexity index is 1120. The Morgan fingerprint density at radius 1 is 1.09 bits per heavy atom. The Kier molecular flexibility index (Phi) is 7.20. The Hall–Kier alpha value is -3.75. The number of pyridine rings is 1.